The van der Waals surface area contributed by atoms with Gasteiger partial charge in [-0.25, -0.2) is 0 Å². The molecule has 1 aliphatic rings. The van der Waals surface area contributed by atoms with Crippen molar-refractivity contribution in [3.05, 3.63) is 41.7 Å². The molecule has 0 heterocycles. The fourth-order valence-electron chi connectivity index (χ4n) is 2.36. The Morgan fingerprint density at radius 3 is 2.35 bits per heavy atom. The van der Waals surface area contributed by atoms with Crippen LogP contribution in [0.15, 0.2) is 36.1 Å². The summed E-state index contributed by atoms with van der Waals surface area (Å²) in [4.78, 5) is 23.5. The second-order valence-corrected chi connectivity index (χ2v) is 7.26. The molecular formula is C19H24O4. The number of rotatable bonds is 4. The number of carbonyl (C=O) groups is 2. The topological polar surface area (TPSA) is 52.6 Å². The molecule has 124 valence electrons. The zero-order valence-electron chi connectivity index (χ0n) is 14.4. The van der Waals surface area contributed by atoms with Crippen LogP contribution in [0.2, 0.25) is 0 Å². The Bertz CT molecular complexity index is 625. The summed E-state index contributed by atoms with van der Waals surface area (Å²) >= 11 is 0. The van der Waals surface area contributed by atoms with Crippen molar-refractivity contribution in [1.82, 2.24) is 0 Å². The van der Waals surface area contributed by atoms with E-state index < -0.39 is 11.0 Å². The van der Waals surface area contributed by atoms with E-state index in [1.54, 1.807) is 0 Å². The Balaban J connectivity index is 2.25. The van der Waals surface area contributed by atoms with Crippen LogP contribution in [0.25, 0.3) is 6.08 Å². The first-order valence-electron chi connectivity index (χ1n) is 7.80. The second kappa shape index (κ2) is 6.19. The molecule has 2 rings (SSSR count). The second-order valence-electron chi connectivity index (χ2n) is 7.26. The normalized spacial score (nSPS) is 24.0. The number of hydrogen-bond acceptors (Lipinski definition) is 4. The molecule has 0 unspecified atom stereocenters. The van der Waals surface area contributed by atoms with E-state index >= 15 is 0 Å². The van der Waals surface area contributed by atoms with E-state index in [9.17, 15) is 9.59 Å². The minimum Gasteiger partial charge on any atom is -0.459 e. The summed E-state index contributed by atoms with van der Waals surface area (Å²) < 4.78 is 11.0. The highest BCUT2D eigenvalue weighted by atomic mass is 16.6. The Morgan fingerprint density at radius 2 is 1.83 bits per heavy atom. The van der Waals surface area contributed by atoms with Crippen molar-refractivity contribution in [2.75, 3.05) is 0 Å². The molecule has 1 aliphatic carbocycles. The van der Waals surface area contributed by atoms with Gasteiger partial charge in [-0.05, 0) is 39.3 Å². The third kappa shape index (κ3) is 4.44. The lowest BCUT2D eigenvalue weighted by atomic mass is 9.97. The molecule has 2 atom stereocenters. The van der Waals surface area contributed by atoms with Crippen LogP contribution in [0.1, 0.15) is 46.6 Å². The highest BCUT2D eigenvalue weighted by molar-refractivity contribution is 5.77. The SMILES string of the molecule is CC(=O)O[C@@]1(C)C[C@H]1/C(=C\c1ccccc1)OC(=O)C(C)(C)C. The standard InChI is InChI=1S/C19H24O4/c1-13(20)23-19(5)12-15(19)16(22-17(21)18(2,3)4)11-14-9-7-6-8-10-14/h6-11,15H,12H2,1-5H3/b16-11+/t15-,19-/m0/s1. The smallest absolute Gasteiger partial charge is 0.316 e. The molecular weight excluding hydrogens is 292 g/mol. The fraction of sp³-hybridized carbons (Fsp3) is 0.474. The molecule has 0 aromatic heterocycles. The van der Waals surface area contributed by atoms with Gasteiger partial charge in [0.05, 0.1) is 11.3 Å². The Labute approximate surface area is 137 Å². The van der Waals surface area contributed by atoms with E-state index in [1.165, 1.54) is 6.92 Å². The summed E-state index contributed by atoms with van der Waals surface area (Å²) in [7, 11) is 0. The van der Waals surface area contributed by atoms with E-state index in [4.69, 9.17) is 9.47 Å². The van der Waals surface area contributed by atoms with Crippen LogP contribution in [-0.4, -0.2) is 17.5 Å². The van der Waals surface area contributed by atoms with Gasteiger partial charge in [0.15, 0.2) is 0 Å². The first-order chi connectivity index (χ1) is 10.6. The maximum absolute atomic E-state index is 12.3. The quantitative estimate of drug-likeness (QED) is 0.623. The molecule has 0 bridgehead atoms. The molecule has 0 amide bonds. The predicted molar refractivity (Wildman–Crippen MR) is 88.2 cm³/mol. The van der Waals surface area contributed by atoms with E-state index in [0.29, 0.717) is 12.2 Å². The maximum atomic E-state index is 12.3. The van der Waals surface area contributed by atoms with Gasteiger partial charge >= 0.3 is 11.9 Å². The van der Waals surface area contributed by atoms with Gasteiger partial charge < -0.3 is 9.47 Å². The van der Waals surface area contributed by atoms with Crippen LogP contribution >= 0.6 is 0 Å². The lowest BCUT2D eigenvalue weighted by Crippen LogP contribution is -2.24. The van der Waals surface area contributed by atoms with E-state index in [0.717, 1.165) is 5.56 Å². The van der Waals surface area contributed by atoms with Crippen LogP contribution < -0.4 is 0 Å². The summed E-state index contributed by atoms with van der Waals surface area (Å²) in [6, 6.07) is 9.66. The van der Waals surface area contributed by atoms with Gasteiger partial charge in [-0.2, -0.15) is 0 Å². The number of benzene rings is 1. The summed E-state index contributed by atoms with van der Waals surface area (Å²) in [5.74, 6) is -0.161. The van der Waals surface area contributed by atoms with Crippen molar-refractivity contribution in [2.24, 2.45) is 11.3 Å². The summed E-state index contributed by atoms with van der Waals surface area (Å²) in [6.07, 6.45) is 2.51. The average Bonchev–Trinajstić information content (AvgIpc) is 3.08. The Kier molecular flexibility index (Phi) is 4.64. The fourth-order valence-corrected chi connectivity index (χ4v) is 2.36. The van der Waals surface area contributed by atoms with Crippen LogP contribution in [0.3, 0.4) is 0 Å². The molecule has 0 spiro atoms. The lowest BCUT2D eigenvalue weighted by molar-refractivity contribution is -0.150. The van der Waals surface area contributed by atoms with Crippen LogP contribution in [-0.2, 0) is 19.1 Å². The molecule has 0 aliphatic heterocycles. The van der Waals surface area contributed by atoms with Gasteiger partial charge in [0, 0.05) is 13.3 Å². The highest BCUT2D eigenvalue weighted by Crippen LogP contribution is 2.52. The molecule has 1 saturated carbocycles. The molecule has 0 radical (unpaired) electrons. The van der Waals surface area contributed by atoms with Gasteiger partial charge in [-0.3, -0.25) is 9.59 Å². The molecule has 23 heavy (non-hydrogen) atoms. The maximum Gasteiger partial charge on any atom is 0.316 e. The molecule has 1 aromatic rings. The predicted octanol–water partition coefficient (Wildman–Crippen LogP) is 3.96. The first kappa shape index (κ1) is 17.3. The third-order valence-corrected chi connectivity index (χ3v) is 3.84. The van der Waals surface area contributed by atoms with Gasteiger partial charge in [-0.1, -0.05) is 30.3 Å². The minimum absolute atomic E-state index is 0.0992. The molecule has 4 heteroatoms. The van der Waals surface area contributed by atoms with Crippen molar-refractivity contribution < 1.29 is 19.1 Å². The van der Waals surface area contributed by atoms with E-state index in [2.05, 4.69) is 0 Å². The number of hydrogen-bond donors (Lipinski definition) is 0. The monoisotopic (exact) mass is 316 g/mol. The van der Waals surface area contributed by atoms with Crippen molar-refractivity contribution in [1.29, 1.82) is 0 Å². The largest absolute Gasteiger partial charge is 0.459 e. The number of esters is 2. The van der Waals surface area contributed by atoms with Crippen molar-refractivity contribution in [3.8, 4) is 0 Å². The highest BCUT2D eigenvalue weighted by Gasteiger charge is 2.57. The van der Waals surface area contributed by atoms with Gasteiger partial charge in [0.2, 0.25) is 0 Å². The van der Waals surface area contributed by atoms with E-state index in [-0.39, 0.29) is 17.9 Å². The van der Waals surface area contributed by atoms with Crippen molar-refractivity contribution in [3.63, 3.8) is 0 Å². The molecule has 0 N–H and O–H groups in total. The third-order valence-electron chi connectivity index (χ3n) is 3.84. The van der Waals surface area contributed by atoms with Gasteiger partial charge in [-0.15, -0.1) is 0 Å². The van der Waals surface area contributed by atoms with Crippen LogP contribution in [0.4, 0.5) is 0 Å². The first-order valence-corrected chi connectivity index (χ1v) is 7.80. The molecule has 1 aromatic carbocycles. The molecule has 0 saturated heterocycles. The number of carbonyl (C=O) groups excluding carboxylic acids is 2. The zero-order valence-corrected chi connectivity index (χ0v) is 14.4. The van der Waals surface area contributed by atoms with Crippen LogP contribution in [0.5, 0.6) is 0 Å². The van der Waals surface area contributed by atoms with Gasteiger partial charge in [0.25, 0.3) is 0 Å². The lowest BCUT2D eigenvalue weighted by Gasteiger charge is -2.19. The minimum atomic E-state index is -0.595. The Morgan fingerprint density at radius 1 is 1.22 bits per heavy atom. The molecule has 4 nitrogen and oxygen atoms in total. The van der Waals surface area contributed by atoms with Gasteiger partial charge in [0.1, 0.15) is 11.4 Å². The summed E-state index contributed by atoms with van der Waals surface area (Å²) in [5, 5.41) is 0. The summed E-state index contributed by atoms with van der Waals surface area (Å²) in [5.41, 5.74) is -0.242. The molecule has 1 fully saturated rings. The van der Waals surface area contributed by atoms with E-state index in [1.807, 2.05) is 64.1 Å². The van der Waals surface area contributed by atoms with Crippen molar-refractivity contribution >= 4 is 18.0 Å². The van der Waals surface area contributed by atoms with Crippen LogP contribution in [0, 0.1) is 11.3 Å². The van der Waals surface area contributed by atoms with Crippen molar-refractivity contribution in [2.45, 2.75) is 46.6 Å². The summed E-state index contributed by atoms with van der Waals surface area (Å²) in [6.45, 7) is 8.69. The average molecular weight is 316 g/mol. The Hall–Kier alpha value is -2.10. The number of ether oxygens (including phenoxy) is 2. The zero-order chi connectivity index (χ0) is 17.3.